The Labute approximate surface area is 646 Å². The summed E-state index contributed by atoms with van der Waals surface area (Å²) in [6.07, 6.45) is 1.66. The van der Waals surface area contributed by atoms with Gasteiger partial charge in [0.15, 0.2) is 0 Å². The van der Waals surface area contributed by atoms with Crippen molar-refractivity contribution in [3.05, 3.63) is 65.2 Å². The molecule has 0 radical (unpaired) electrons. The zero-order valence-electron chi connectivity index (χ0n) is 68.7. The highest BCUT2D eigenvalue weighted by molar-refractivity contribution is 6.00. The van der Waals surface area contributed by atoms with E-state index in [4.69, 9.17) is 9.47 Å². The number of nitrogens with zero attached hydrogens (tertiary/aromatic N) is 7. The Balaban J connectivity index is 2.07. The molecule has 12 amide bonds. The molecule has 2 fully saturated rings. The lowest BCUT2D eigenvalue weighted by atomic mass is 9.94. The van der Waals surface area contributed by atoms with Gasteiger partial charge in [0.05, 0.1) is 49.6 Å². The molecule has 0 saturated carbocycles. The minimum absolute atomic E-state index is 0.0291. The van der Waals surface area contributed by atoms with Crippen molar-refractivity contribution in [2.45, 2.75) is 252 Å². The van der Waals surface area contributed by atoms with Crippen molar-refractivity contribution < 1.29 is 76.9 Å². The molecule has 109 heavy (non-hydrogen) atoms. The number of aliphatic hydroxyl groups is 1. The third kappa shape index (κ3) is 27.2. The number of methoxy groups -OCH3 is 1. The molecule has 4 rings (SSSR count). The lowest BCUT2D eigenvalue weighted by Gasteiger charge is -2.39. The van der Waals surface area contributed by atoms with Crippen molar-refractivity contribution in [1.29, 1.82) is 0 Å². The van der Waals surface area contributed by atoms with Crippen LogP contribution in [-0.2, 0) is 75.1 Å². The summed E-state index contributed by atoms with van der Waals surface area (Å²) < 4.78 is 11.7. The largest absolute Gasteiger partial charge is 0.496 e. The van der Waals surface area contributed by atoms with Crippen molar-refractivity contribution in [3.63, 3.8) is 0 Å². The molecule has 0 bridgehead atoms. The number of unbranched alkanes of at least 4 members (excludes halogenated alkanes) is 1. The fourth-order valence-corrected chi connectivity index (χ4v) is 13.7. The topological polar surface area (TPSA) is 355 Å². The predicted octanol–water partition coefficient (Wildman–Crippen LogP) is 3.88. The fourth-order valence-electron chi connectivity index (χ4n) is 13.7. The van der Waals surface area contributed by atoms with Crippen LogP contribution in [0.5, 0.6) is 5.75 Å². The quantitative estimate of drug-likeness (QED) is 0.0822. The molecule has 29 heteroatoms. The van der Waals surface area contributed by atoms with Gasteiger partial charge in [-0.2, -0.15) is 0 Å². The molecule has 13 atom stereocenters. The molecular formula is C80H129N13O16. The van der Waals surface area contributed by atoms with Gasteiger partial charge in [-0.05, 0) is 133 Å². The van der Waals surface area contributed by atoms with Crippen LogP contribution in [0.3, 0.4) is 0 Å². The number of carbonyl (C=O) groups is 13. The number of amides is 12. The highest BCUT2D eigenvalue weighted by Gasteiger charge is 2.45. The second-order valence-electron chi connectivity index (χ2n) is 31.8. The summed E-state index contributed by atoms with van der Waals surface area (Å²) in [5, 5.41) is 28.6. The van der Waals surface area contributed by atoms with E-state index in [0.717, 1.165) is 11.3 Å². The highest BCUT2D eigenvalue weighted by atomic mass is 16.5. The van der Waals surface area contributed by atoms with Crippen molar-refractivity contribution >= 4 is 77.2 Å². The van der Waals surface area contributed by atoms with Gasteiger partial charge in [0.1, 0.15) is 66.4 Å². The number of hydrogen-bond acceptors (Lipinski definition) is 17. The van der Waals surface area contributed by atoms with Gasteiger partial charge < -0.3 is 80.3 Å². The number of carbonyl (C=O) groups excluding carboxylic acids is 13. The molecule has 29 nitrogen and oxygen atoms in total. The summed E-state index contributed by atoms with van der Waals surface area (Å²) in [4.78, 5) is 204. The summed E-state index contributed by atoms with van der Waals surface area (Å²) in [5.74, 6) is -9.92. The van der Waals surface area contributed by atoms with Gasteiger partial charge in [-0.3, -0.25) is 62.9 Å². The first kappa shape index (κ1) is 92.8. The summed E-state index contributed by atoms with van der Waals surface area (Å²) >= 11 is 0. The van der Waals surface area contributed by atoms with E-state index in [-0.39, 0.29) is 74.1 Å². The fraction of sp³-hybridized carbons (Fsp3) is 0.688. The standard InChI is InChI=1S/C80H129N13O16/c1-22-24-35-93-45-66(96)87(16)61(38-48(3)4)70(98)85-60(47-109-80(12,13)14)76(104)91(20)68(51(9)23-2)79(107)90(19)62(39-49(5)6)71(99)84-59(77(105)92-36-29-26-30-37-92)44-56(46-94)82-52(10)74(102)88(17)64(43-54-31-27-25-28-32-54)72(100)83-58(42-55-33-34-65(108-21)57(41-55)69(97)81-15)75(103)89(18)63(40-50(7)8)73(101)86-67(53(11)95)78(93)106/h25,27-28,31-34,41,46,48-53,56,58-64,67-68,82,95H,22-24,26,29-30,35-40,42-45,47H2,1-21H3,(H,81,97)(H,83,100)(H,84,99)(H,85,98)(H,86,101)/t51-,52+,53+,56?,58-,59-,60-,61-,62-,63-,64-,67-,68-/m0/s1. The van der Waals surface area contributed by atoms with E-state index in [2.05, 4.69) is 31.9 Å². The number of piperidine rings is 1. The number of nitrogens with one attached hydrogen (secondary N) is 6. The summed E-state index contributed by atoms with van der Waals surface area (Å²) in [6, 6.07) is -2.02. The average molecular weight is 1530 g/mol. The molecule has 2 saturated heterocycles. The van der Waals surface area contributed by atoms with Crippen molar-refractivity contribution in [3.8, 4) is 5.75 Å². The Bertz CT molecular complexity index is 3400. The van der Waals surface area contributed by atoms with Gasteiger partial charge in [0, 0.05) is 74.8 Å². The summed E-state index contributed by atoms with van der Waals surface area (Å²) in [6.45, 7) is 24.1. The lowest BCUT2D eigenvalue weighted by Crippen LogP contribution is -2.63. The maximum atomic E-state index is 15.7. The van der Waals surface area contributed by atoms with Gasteiger partial charge >= 0.3 is 0 Å². The number of hydrogen-bond donors (Lipinski definition) is 7. The van der Waals surface area contributed by atoms with Gasteiger partial charge in [0.2, 0.25) is 65.0 Å². The number of benzene rings is 2. The summed E-state index contributed by atoms with van der Waals surface area (Å²) in [7, 11) is 9.81. The van der Waals surface area contributed by atoms with Crippen molar-refractivity contribution in [1.82, 2.24) is 66.2 Å². The van der Waals surface area contributed by atoms with Crippen LogP contribution < -0.4 is 36.6 Å². The third-order valence-electron chi connectivity index (χ3n) is 20.4. The van der Waals surface area contributed by atoms with Crippen LogP contribution in [0.1, 0.15) is 183 Å². The molecule has 2 aliphatic heterocycles. The van der Waals surface area contributed by atoms with Gasteiger partial charge in [-0.25, -0.2) is 0 Å². The molecule has 0 aliphatic carbocycles. The molecular weight excluding hydrogens is 1400 g/mol. The van der Waals surface area contributed by atoms with E-state index in [1.54, 1.807) is 82.8 Å². The van der Waals surface area contributed by atoms with Crippen LogP contribution in [0, 0.1) is 23.7 Å². The van der Waals surface area contributed by atoms with Gasteiger partial charge in [0.25, 0.3) is 5.91 Å². The van der Waals surface area contributed by atoms with Crippen LogP contribution >= 0.6 is 0 Å². The number of aliphatic hydroxyl groups excluding tert-OH is 1. The first-order chi connectivity index (χ1) is 51.2. The Kier molecular flexibility index (Phi) is 37.2. The van der Waals surface area contributed by atoms with Gasteiger partial charge in [-0.15, -0.1) is 0 Å². The van der Waals surface area contributed by atoms with Crippen LogP contribution in [0.25, 0.3) is 0 Å². The normalized spacial score (nSPS) is 24.9. The number of likely N-dealkylation sites (N-methyl/N-ethyl adjacent to an activating group) is 5. The minimum atomic E-state index is -1.72. The minimum Gasteiger partial charge on any atom is -0.496 e. The second kappa shape index (κ2) is 43.7. The number of rotatable bonds is 22. The van der Waals surface area contributed by atoms with E-state index in [1.165, 1.54) is 99.9 Å². The summed E-state index contributed by atoms with van der Waals surface area (Å²) in [5.41, 5.74) is 0.183. The Morgan fingerprint density at radius 3 is 1.68 bits per heavy atom. The molecule has 7 N–H and O–H groups in total. The molecule has 610 valence electrons. The van der Waals surface area contributed by atoms with E-state index in [0.29, 0.717) is 62.6 Å². The van der Waals surface area contributed by atoms with Crippen LogP contribution in [0.4, 0.5) is 0 Å². The highest BCUT2D eigenvalue weighted by Crippen LogP contribution is 2.26. The maximum Gasteiger partial charge on any atom is 0.254 e. The zero-order chi connectivity index (χ0) is 82.1. The van der Waals surface area contributed by atoms with Crippen molar-refractivity contribution in [2.24, 2.45) is 23.7 Å². The molecule has 0 aromatic heterocycles. The van der Waals surface area contributed by atoms with Gasteiger partial charge in [-0.1, -0.05) is 112 Å². The first-order valence-corrected chi connectivity index (χ1v) is 38.7. The number of aldehydes is 1. The molecule has 2 heterocycles. The third-order valence-corrected chi connectivity index (χ3v) is 20.4. The zero-order valence-corrected chi connectivity index (χ0v) is 68.7. The first-order valence-electron chi connectivity index (χ1n) is 38.7. The second-order valence-corrected chi connectivity index (χ2v) is 31.8. The Morgan fingerprint density at radius 1 is 0.633 bits per heavy atom. The van der Waals surface area contributed by atoms with Crippen LogP contribution in [0.2, 0.25) is 0 Å². The van der Waals surface area contributed by atoms with E-state index in [1.807, 2.05) is 41.5 Å². The Hall–Kier alpha value is -8.57. The monoisotopic (exact) mass is 1530 g/mol. The molecule has 2 aromatic carbocycles. The van der Waals surface area contributed by atoms with E-state index >= 15 is 43.2 Å². The molecule has 2 aliphatic rings. The lowest BCUT2D eigenvalue weighted by molar-refractivity contribution is -0.153. The van der Waals surface area contributed by atoms with E-state index < -0.39 is 168 Å². The maximum absolute atomic E-state index is 15.7. The smallest absolute Gasteiger partial charge is 0.254 e. The van der Waals surface area contributed by atoms with Crippen LogP contribution in [-0.4, -0.2) is 277 Å². The SMILES string of the molecule is CCCCN1CC(=O)N(C)[C@@H](CC(C)C)C(=O)N[C@@H](COC(C)(C)C)C(=O)N(C)[C@@H]([C@@H](C)CC)C(=O)N(C)[C@@H](CC(C)C)C(=O)N[C@H](C(=O)N2CCCCC2)CC(C=O)N[C@H](C)C(=O)N(C)[C@@H](Cc2ccccc2)C(=O)N[C@@H](Cc2ccc(OC)c(C(=O)NC)c2)C(=O)N(C)[C@@H](CC(C)C)C(=O)N[C@@H]([C@@H](C)O)C1=O. The average Bonchev–Trinajstić information content (AvgIpc) is 0.850. The number of likely N-dealkylation sites (tertiary alicyclic amines) is 1. The molecule has 1 unspecified atom stereocenters. The van der Waals surface area contributed by atoms with E-state index in [9.17, 15) is 24.3 Å². The molecule has 2 aromatic rings. The molecule has 0 spiro atoms. The van der Waals surface area contributed by atoms with Crippen molar-refractivity contribution in [2.75, 3.05) is 82.2 Å². The van der Waals surface area contributed by atoms with Crippen LogP contribution in [0.15, 0.2) is 48.5 Å². The Morgan fingerprint density at radius 2 is 1.16 bits per heavy atom. The number of ether oxygens (including phenoxy) is 2. The predicted molar refractivity (Wildman–Crippen MR) is 415 cm³/mol.